The van der Waals surface area contributed by atoms with Crippen molar-refractivity contribution in [3.05, 3.63) is 163 Å². The second kappa shape index (κ2) is 16.1. The van der Waals surface area contributed by atoms with Crippen molar-refractivity contribution in [1.29, 1.82) is 0 Å². The van der Waals surface area contributed by atoms with Gasteiger partial charge in [-0.05, 0) is 23.2 Å². The average molecular weight is 829 g/mol. The third-order valence-electron chi connectivity index (χ3n) is 7.29. The summed E-state index contributed by atoms with van der Waals surface area (Å²) in [5, 5.41) is 0. The van der Waals surface area contributed by atoms with E-state index in [-0.39, 0.29) is 20.1 Å². The molecule has 45 heavy (non-hydrogen) atoms. The molecule has 0 fully saturated rings. The molecule has 0 atom stereocenters. The van der Waals surface area contributed by atoms with Crippen LogP contribution in [0.5, 0.6) is 0 Å². The Bertz CT molecular complexity index is 1920. The van der Waals surface area contributed by atoms with Crippen molar-refractivity contribution in [3.63, 3.8) is 0 Å². The molecule has 0 bridgehead atoms. The summed E-state index contributed by atoms with van der Waals surface area (Å²) in [4.78, 5) is 9.05. The number of hydrogen-bond donors (Lipinski definition) is 0. The van der Waals surface area contributed by atoms with Crippen LogP contribution in [0.3, 0.4) is 0 Å². The quantitative estimate of drug-likeness (QED) is 0.118. The predicted octanol–water partition coefficient (Wildman–Crippen LogP) is 10.0. The van der Waals surface area contributed by atoms with Gasteiger partial charge in [0.2, 0.25) is 0 Å². The van der Waals surface area contributed by atoms with Gasteiger partial charge in [-0.3, -0.25) is 0 Å². The first-order chi connectivity index (χ1) is 22.3. The van der Waals surface area contributed by atoms with Gasteiger partial charge in [-0.15, -0.1) is 35.4 Å². The van der Waals surface area contributed by atoms with Gasteiger partial charge in [0, 0.05) is 27.7 Å². The third-order valence-corrected chi connectivity index (χ3v) is 11.5. The Balaban J connectivity index is 0.000000214. The molecule has 229 valence electrons. The summed E-state index contributed by atoms with van der Waals surface area (Å²) in [6, 6.07) is 45.5. The second-order valence-electron chi connectivity index (χ2n) is 12.0. The average Bonchev–Trinajstić information content (AvgIpc) is 3.09. The van der Waals surface area contributed by atoms with Gasteiger partial charge in [-0.25, -0.2) is 0 Å². The van der Waals surface area contributed by atoms with Crippen LogP contribution in [-0.2, 0) is 26.5 Å². The first-order valence-electron chi connectivity index (χ1n) is 16.4. The molecule has 1 radical (unpaired) electrons. The molecule has 4 aromatic carbocycles. The molecule has 0 spiro atoms. The van der Waals surface area contributed by atoms with E-state index in [0.29, 0.717) is 11.1 Å². The molecule has 2 aromatic heterocycles. The fraction of sp³-hybridized carbons (Fsp3) is 0.171. The summed E-state index contributed by atoms with van der Waals surface area (Å²) in [5.41, 5.74) is 8.01. The molecule has 2 nitrogen and oxygen atoms in total. The van der Waals surface area contributed by atoms with E-state index in [9.17, 15) is 0 Å². The summed E-state index contributed by atoms with van der Waals surface area (Å²) < 4.78 is 26.6. The SMILES string of the molecule is [2H]C(C)(C)c1ccnc(-c2[c-]ccc(-c3ccccc3)c2)c1.[2H]C([2H])(c1ccccc1)c1cc[c-]c(-c2cc[c]([Ge]([CH3])([CH3])[CH3])cn2)c1.[Ir]. The van der Waals surface area contributed by atoms with Gasteiger partial charge in [0.15, 0.2) is 0 Å². The van der Waals surface area contributed by atoms with E-state index in [1.165, 1.54) is 9.96 Å². The van der Waals surface area contributed by atoms with Crippen LogP contribution in [0.15, 0.2) is 134 Å². The van der Waals surface area contributed by atoms with Gasteiger partial charge in [-0.1, -0.05) is 55.8 Å². The normalized spacial score (nSPS) is 12.4. The van der Waals surface area contributed by atoms with Crippen LogP contribution in [0.1, 0.15) is 40.5 Å². The van der Waals surface area contributed by atoms with Crippen LogP contribution in [0.25, 0.3) is 33.6 Å². The summed E-state index contributed by atoms with van der Waals surface area (Å²) in [6.45, 7) is 3.77. The molecule has 0 amide bonds. The molecule has 0 unspecified atom stereocenters. The van der Waals surface area contributed by atoms with Gasteiger partial charge < -0.3 is 4.98 Å². The zero-order chi connectivity index (χ0) is 33.7. The van der Waals surface area contributed by atoms with Crippen LogP contribution in [0.2, 0.25) is 17.3 Å². The molecular weight excluding hydrogens is 785 g/mol. The molecule has 2 heterocycles. The van der Waals surface area contributed by atoms with E-state index >= 15 is 0 Å². The molecule has 6 aromatic rings. The smallest absolute Gasteiger partial charge is 0 e. The number of rotatable bonds is 7. The van der Waals surface area contributed by atoms with Gasteiger partial charge in [-0.2, -0.15) is 0 Å². The van der Waals surface area contributed by atoms with Crippen LogP contribution in [0.4, 0.5) is 0 Å². The molecule has 0 saturated carbocycles. The minimum atomic E-state index is -1.88. The van der Waals surface area contributed by atoms with E-state index in [2.05, 4.69) is 69.7 Å². The molecule has 0 aliphatic rings. The van der Waals surface area contributed by atoms with Crippen molar-refractivity contribution >= 4 is 17.7 Å². The fourth-order valence-electron chi connectivity index (χ4n) is 4.69. The first-order valence-corrected chi connectivity index (χ1v) is 22.3. The van der Waals surface area contributed by atoms with E-state index < -0.39 is 25.5 Å². The summed E-state index contributed by atoms with van der Waals surface area (Å²) in [5.74, 6) is 6.40. The zero-order valence-electron chi connectivity index (χ0n) is 29.4. The minimum Gasteiger partial charge on any atom is 0 e. The fourth-order valence-corrected chi connectivity index (χ4v) is 6.86. The molecule has 0 N–H and O–H groups in total. The number of aromatic nitrogens is 2. The van der Waals surface area contributed by atoms with Crippen LogP contribution in [-0.4, -0.2) is 23.2 Å². The van der Waals surface area contributed by atoms with Crippen molar-refractivity contribution < 1.29 is 24.2 Å². The monoisotopic (exact) mass is 830 g/mol. The predicted molar refractivity (Wildman–Crippen MR) is 189 cm³/mol. The molecule has 6 rings (SSSR count). The maximum absolute atomic E-state index is 8.52. The second-order valence-corrected chi connectivity index (χ2v) is 22.6. The summed E-state index contributed by atoms with van der Waals surface area (Å²) in [6.07, 6.45) is 2.19. The topological polar surface area (TPSA) is 25.8 Å². The molecule has 0 saturated heterocycles. The number of nitrogens with zero attached hydrogens (tertiary/aromatic N) is 2. The Labute approximate surface area is 290 Å². The largest absolute Gasteiger partial charge is 0 e. The van der Waals surface area contributed by atoms with Crippen molar-refractivity contribution in [2.45, 2.75) is 43.4 Å². The van der Waals surface area contributed by atoms with Gasteiger partial charge in [0.25, 0.3) is 0 Å². The maximum Gasteiger partial charge on any atom is 0 e. The van der Waals surface area contributed by atoms with Gasteiger partial charge >= 0.3 is 144 Å². The standard InChI is InChI=1S/C21H22GeN.C20H18N.Ir/c1-22(2,3)20-12-13-21(23-16-20)19-11-7-10-18(15-19)14-17-8-5-4-6-9-17;1-15(2)17-11-12-21-20(14-17)19-10-6-9-18(13-19)16-7-4-3-5-8-16;/h4-10,12-13,15-16H,14H2,1-3H3;3-9,11-15H,1-2H3;/q2*-1;/i14D2;15D;. The Morgan fingerprint density at radius 2 is 1.36 bits per heavy atom. The van der Waals surface area contributed by atoms with Crippen molar-refractivity contribution in [2.75, 3.05) is 0 Å². The Hall–Kier alpha value is -3.63. The van der Waals surface area contributed by atoms with Crippen molar-refractivity contribution in [1.82, 2.24) is 9.97 Å². The van der Waals surface area contributed by atoms with E-state index in [1.807, 2.05) is 98.9 Å². The Morgan fingerprint density at radius 3 is 2.00 bits per heavy atom. The third kappa shape index (κ3) is 9.68. The molecule has 0 aliphatic carbocycles. The minimum absolute atomic E-state index is 0. The van der Waals surface area contributed by atoms with Crippen molar-refractivity contribution in [3.8, 4) is 33.6 Å². The molecular formula is C41H40GeIrN2-2. The van der Waals surface area contributed by atoms with Crippen LogP contribution >= 0.6 is 0 Å². The summed E-state index contributed by atoms with van der Waals surface area (Å²) >= 11 is -1.88. The Kier molecular flexibility index (Phi) is 10.7. The van der Waals surface area contributed by atoms with E-state index in [0.717, 1.165) is 33.6 Å². The van der Waals surface area contributed by atoms with E-state index in [4.69, 9.17) is 4.11 Å². The molecule has 4 heteroatoms. The van der Waals surface area contributed by atoms with Crippen LogP contribution < -0.4 is 4.40 Å². The number of pyridine rings is 2. The van der Waals surface area contributed by atoms with Crippen molar-refractivity contribution in [2.24, 2.45) is 0 Å². The summed E-state index contributed by atoms with van der Waals surface area (Å²) in [7, 11) is 0. The number of hydrogen-bond acceptors (Lipinski definition) is 2. The first kappa shape index (κ1) is 30.0. The molecule has 0 aliphatic heterocycles. The maximum atomic E-state index is 8.52. The Morgan fingerprint density at radius 1 is 0.689 bits per heavy atom. The van der Waals surface area contributed by atoms with Crippen LogP contribution in [0, 0.1) is 12.1 Å². The zero-order valence-corrected chi connectivity index (χ0v) is 30.9. The van der Waals surface area contributed by atoms with Gasteiger partial charge in [0.1, 0.15) is 0 Å². The van der Waals surface area contributed by atoms with E-state index in [1.54, 1.807) is 18.3 Å². The number of benzene rings is 4. The van der Waals surface area contributed by atoms with Gasteiger partial charge in [0.05, 0.1) is 0 Å².